The number of benzene rings is 1. The van der Waals surface area contributed by atoms with Crippen molar-refractivity contribution in [1.29, 1.82) is 0 Å². The lowest BCUT2D eigenvalue weighted by atomic mass is 10.2. The number of ether oxygens (including phenoxy) is 1. The molecule has 1 heterocycles. The summed E-state index contributed by atoms with van der Waals surface area (Å²) in [5.41, 5.74) is -0.544. The number of anilines is 1. The summed E-state index contributed by atoms with van der Waals surface area (Å²) in [5.74, 6) is 0.431. The van der Waals surface area contributed by atoms with Gasteiger partial charge in [-0.2, -0.15) is 0 Å². The fraction of sp³-hybridized carbons (Fsp3) is 0.286. The van der Waals surface area contributed by atoms with Gasteiger partial charge in [-0.05, 0) is 60.3 Å². The highest BCUT2D eigenvalue weighted by Gasteiger charge is 2.16. The Labute approximate surface area is 130 Å². The van der Waals surface area contributed by atoms with Crippen molar-refractivity contribution < 1.29 is 9.53 Å². The minimum absolute atomic E-state index is 0.431. The van der Waals surface area contributed by atoms with Crippen molar-refractivity contribution in [2.24, 2.45) is 0 Å². The maximum absolute atomic E-state index is 11.7. The molecule has 1 aromatic carbocycles. The Morgan fingerprint density at radius 1 is 1.30 bits per heavy atom. The Morgan fingerprint density at radius 3 is 2.65 bits per heavy atom. The van der Waals surface area contributed by atoms with Crippen molar-refractivity contribution in [3.63, 3.8) is 0 Å². The van der Waals surface area contributed by atoms with E-state index < -0.39 is 11.7 Å². The molecule has 106 valence electrons. The van der Waals surface area contributed by atoms with E-state index in [1.54, 1.807) is 33.0 Å². The molecule has 6 heteroatoms. The van der Waals surface area contributed by atoms with E-state index in [4.69, 9.17) is 16.3 Å². The number of fused-ring (bicyclic) bond motifs is 1. The molecule has 1 aromatic heterocycles. The fourth-order valence-corrected chi connectivity index (χ4v) is 2.15. The van der Waals surface area contributed by atoms with Crippen LogP contribution in [0.1, 0.15) is 20.8 Å². The van der Waals surface area contributed by atoms with Gasteiger partial charge in [-0.15, -0.1) is 0 Å². The van der Waals surface area contributed by atoms with Crippen molar-refractivity contribution in [3.8, 4) is 0 Å². The molecular formula is C14H14BrClN2O2. The van der Waals surface area contributed by atoms with Crippen LogP contribution in [0, 0.1) is 0 Å². The number of carbonyl (C=O) groups excluding carboxylic acids is 1. The Kier molecular flexibility index (Phi) is 4.20. The van der Waals surface area contributed by atoms with Crippen LogP contribution in [0.2, 0.25) is 5.02 Å². The Morgan fingerprint density at radius 2 is 2.00 bits per heavy atom. The van der Waals surface area contributed by atoms with Crippen LogP contribution >= 0.6 is 27.5 Å². The van der Waals surface area contributed by atoms with E-state index in [-0.39, 0.29) is 0 Å². The summed E-state index contributed by atoms with van der Waals surface area (Å²) in [5, 5.41) is 5.04. The van der Waals surface area contributed by atoms with Crippen LogP contribution in [-0.2, 0) is 4.74 Å². The van der Waals surface area contributed by atoms with Gasteiger partial charge in [-0.3, -0.25) is 5.32 Å². The first-order valence-corrected chi connectivity index (χ1v) is 7.16. The zero-order chi connectivity index (χ0) is 14.9. The van der Waals surface area contributed by atoms with Crippen molar-refractivity contribution >= 4 is 50.2 Å². The molecule has 4 nitrogen and oxygen atoms in total. The largest absolute Gasteiger partial charge is 0.444 e. The van der Waals surface area contributed by atoms with Crippen LogP contribution in [0.5, 0.6) is 0 Å². The Hall–Kier alpha value is -1.33. The molecule has 20 heavy (non-hydrogen) atoms. The zero-order valence-corrected chi connectivity index (χ0v) is 13.7. The molecule has 0 saturated heterocycles. The van der Waals surface area contributed by atoms with Crippen LogP contribution in [0.4, 0.5) is 10.6 Å². The van der Waals surface area contributed by atoms with E-state index in [9.17, 15) is 4.79 Å². The summed E-state index contributed by atoms with van der Waals surface area (Å²) in [6.07, 6.45) is 1.12. The standard InChI is InChI=1S/C14H14BrClN2O2/c1-14(2,3)20-13(19)18-12-6-8-4-10(15)11(16)5-9(8)7-17-12/h4-7H,1-3H3,(H,17,18,19). The van der Waals surface area contributed by atoms with E-state index in [1.807, 2.05) is 12.1 Å². The number of nitrogens with one attached hydrogen (secondary N) is 1. The second-order valence-corrected chi connectivity index (χ2v) is 6.57. The second kappa shape index (κ2) is 5.58. The van der Waals surface area contributed by atoms with Gasteiger partial charge in [-0.25, -0.2) is 9.78 Å². The first-order valence-electron chi connectivity index (χ1n) is 5.99. The molecule has 1 amide bonds. The summed E-state index contributed by atoms with van der Waals surface area (Å²) in [6, 6.07) is 5.45. The molecule has 0 saturated carbocycles. The van der Waals surface area contributed by atoms with Gasteiger partial charge in [-0.1, -0.05) is 11.6 Å². The lowest BCUT2D eigenvalue weighted by Crippen LogP contribution is -2.27. The fourth-order valence-electron chi connectivity index (χ4n) is 1.61. The second-order valence-electron chi connectivity index (χ2n) is 5.31. The quantitative estimate of drug-likeness (QED) is 0.781. The first kappa shape index (κ1) is 15.1. The molecule has 0 fully saturated rings. The van der Waals surface area contributed by atoms with Crippen molar-refractivity contribution in [3.05, 3.63) is 33.9 Å². The molecule has 2 rings (SSSR count). The number of carbonyl (C=O) groups is 1. The van der Waals surface area contributed by atoms with E-state index >= 15 is 0 Å². The molecule has 0 atom stereocenters. The summed E-state index contributed by atoms with van der Waals surface area (Å²) < 4.78 is 5.97. The van der Waals surface area contributed by atoms with Gasteiger partial charge in [0.1, 0.15) is 11.4 Å². The van der Waals surface area contributed by atoms with Gasteiger partial charge in [0.15, 0.2) is 0 Å². The smallest absolute Gasteiger partial charge is 0.413 e. The topological polar surface area (TPSA) is 51.2 Å². The summed E-state index contributed by atoms with van der Waals surface area (Å²) in [4.78, 5) is 15.8. The first-order chi connectivity index (χ1) is 9.24. The molecule has 0 unspecified atom stereocenters. The normalized spacial score (nSPS) is 11.4. The van der Waals surface area contributed by atoms with Crippen molar-refractivity contribution in [1.82, 2.24) is 4.98 Å². The van der Waals surface area contributed by atoms with E-state index in [2.05, 4.69) is 26.2 Å². The summed E-state index contributed by atoms with van der Waals surface area (Å²) in [6.45, 7) is 5.42. The van der Waals surface area contributed by atoms with Crippen molar-refractivity contribution in [2.75, 3.05) is 5.32 Å². The monoisotopic (exact) mass is 356 g/mol. The number of pyridine rings is 1. The molecule has 2 aromatic rings. The summed E-state index contributed by atoms with van der Waals surface area (Å²) in [7, 11) is 0. The van der Waals surface area contributed by atoms with Crippen molar-refractivity contribution in [2.45, 2.75) is 26.4 Å². The maximum atomic E-state index is 11.7. The number of rotatable bonds is 1. The SMILES string of the molecule is CC(C)(C)OC(=O)Nc1cc2cc(Br)c(Cl)cc2cn1. The van der Waals surface area contributed by atoms with Gasteiger partial charge >= 0.3 is 6.09 Å². The lowest BCUT2D eigenvalue weighted by molar-refractivity contribution is 0.0635. The van der Waals surface area contributed by atoms with Crippen LogP contribution in [0.25, 0.3) is 10.8 Å². The Balaban J connectivity index is 2.24. The third kappa shape index (κ3) is 3.84. The number of nitrogens with zero attached hydrogens (tertiary/aromatic N) is 1. The number of aromatic nitrogens is 1. The van der Waals surface area contributed by atoms with Crippen LogP contribution in [0.15, 0.2) is 28.9 Å². The van der Waals surface area contributed by atoms with Gasteiger partial charge in [0.25, 0.3) is 0 Å². The lowest BCUT2D eigenvalue weighted by Gasteiger charge is -2.19. The van der Waals surface area contributed by atoms with Gasteiger partial charge in [0.2, 0.25) is 0 Å². The van der Waals surface area contributed by atoms with E-state index in [1.165, 1.54) is 0 Å². The number of hydrogen-bond donors (Lipinski definition) is 1. The summed E-state index contributed by atoms with van der Waals surface area (Å²) >= 11 is 9.39. The highest BCUT2D eigenvalue weighted by molar-refractivity contribution is 9.10. The highest BCUT2D eigenvalue weighted by atomic mass is 79.9. The van der Waals surface area contributed by atoms with Gasteiger partial charge in [0.05, 0.1) is 5.02 Å². The Bertz CT molecular complexity index is 668. The zero-order valence-electron chi connectivity index (χ0n) is 11.3. The number of amides is 1. The van der Waals surface area contributed by atoms with Crippen LogP contribution < -0.4 is 5.32 Å². The predicted octanol–water partition coefficient (Wildman–Crippen LogP) is 5.00. The van der Waals surface area contributed by atoms with E-state index in [0.29, 0.717) is 10.8 Å². The molecule has 0 aliphatic rings. The maximum Gasteiger partial charge on any atom is 0.413 e. The molecule has 0 spiro atoms. The van der Waals surface area contributed by atoms with Gasteiger partial charge < -0.3 is 4.74 Å². The third-order valence-corrected chi connectivity index (χ3v) is 3.59. The molecule has 0 bridgehead atoms. The highest BCUT2D eigenvalue weighted by Crippen LogP contribution is 2.28. The molecule has 1 N–H and O–H groups in total. The number of hydrogen-bond acceptors (Lipinski definition) is 3. The molecule has 0 radical (unpaired) electrons. The third-order valence-electron chi connectivity index (χ3n) is 2.39. The van der Waals surface area contributed by atoms with E-state index in [0.717, 1.165) is 15.2 Å². The van der Waals surface area contributed by atoms with Crippen LogP contribution in [0.3, 0.4) is 0 Å². The number of halogens is 2. The minimum atomic E-state index is -0.544. The van der Waals surface area contributed by atoms with Gasteiger partial charge in [0, 0.05) is 16.1 Å². The minimum Gasteiger partial charge on any atom is -0.444 e. The average Bonchev–Trinajstić information content (AvgIpc) is 2.28. The average molecular weight is 358 g/mol. The van der Waals surface area contributed by atoms with Crippen LogP contribution in [-0.4, -0.2) is 16.7 Å². The predicted molar refractivity (Wildman–Crippen MR) is 84.3 cm³/mol. The molecule has 0 aliphatic heterocycles. The molecular weight excluding hydrogens is 344 g/mol. The molecule has 0 aliphatic carbocycles.